The van der Waals surface area contributed by atoms with Gasteiger partial charge in [-0.25, -0.2) is 4.79 Å². The Morgan fingerprint density at radius 2 is 1.88 bits per heavy atom. The van der Waals surface area contributed by atoms with Gasteiger partial charge in [0.15, 0.2) is 6.29 Å². The van der Waals surface area contributed by atoms with Crippen LogP contribution >= 0.6 is 0 Å². The first-order valence-electron chi connectivity index (χ1n) is 13.1. The lowest BCUT2D eigenvalue weighted by molar-refractivity contribution is -0.112. The van der Waals surface area contributed by atoms with Gasteiger partial charge in [0.2, 0.25) is 0 Å². The van der Waals surface area contributed by atoms with E-state index in [2.05, 4.69) is 5.32 Å². The summed E-state index contributed by atoms with van der Waals surface area (Å²) in [7, 11) is 0. The monoisotopic (exact) mass is 560 g/mol. The molecule has 0 saturated heterocycles. The number of rotatable bonds is 4. The molecule has 1 aromatic rings. The van der Waals surface area contributed by atoms with Gasteiger partial charge in [-0.1, -0.05) is 38.2 Å². The number of amides is 2. The summed E-state index contributed by atoms with van der Waals surface area (Å²) in [4.78, 5) is 36.2. The number of aliphatic hydroxyl groups excluding tert-OH is 3. The normalized spacial score (nSPS) is 28.9. The minimum atomic E-state index is -1.05. The van der Waals surface area contributed by atoms with Gasteiger partial charge in [0.25, 0.3) is 5.91 Å². The summed E-state index contributed by atoms with van der Waals surface area (Å²) < 4.78 is 5.29. The van der Waals surface area contributed by atoms with Crippen LogP contribution in [0.25, 0.3) is 0 Å². The van der Waals surface area contributed by atoms with E-state index < -0.39 is 54.3 Å². The molecular formula is C29H40N2O9. The summed E-state index contributed by atoms with van der Waals surface area (Å²) in [5.41, 5.74) is 5.92. The predicted octanol–water partition coefficient (Wildman–Crippen LogP) is 2.56. The van der Waals surface area contributed by atoms with Crippen LogP contribution in [-0.4, -0.2) is 69.2 Å². The molecule has 40 heavy (non-hydrogen) atoms. The van der Waals surface area contributed by atoms with E-state index in [1.54, 1.807) is 26.8 Å². The molecule has 0 aromatic heterocycles. The molecule has 11 heteroatoms. The average molecular weight is 561 g/mol. The third kappa shape index (κ3) is 8.17. The van der Waals surface area contributed by atoms with Crippen LogP contribution < -0.4 is 11.1 Å². The molecule has 2 rings (SSSR count). The molecule has 1 heterocycles. The van der Waals surface area contributed by atoms with Crippen LogP contribution in [0.5, 0.6) is 11.5 Å². The van der Waals surface area contributed by atoms with E-state index in [0.29, 0.717) is 11.9 Å². The number of carbonyl (C=O) groups is 3. The zero-order valence-electron chi connectivity index (χ0n) is 23.2. The molecule has 8 N–H and O–H groups in total. The van der Waals surface area contributed by atoms with E-state index in [0.717, 1.165) is 6.07 Å². The average Bonchev–Trinajstić information content (AvgIpc) is 2.90. The van der Waals surface area contributed by atoms with E-state index in [4.69, 9.17) is 10.5 Å². The number of fused-ring (bicyclic) bond motifs is 2. The molecule has 0 fully saturated rings. The fourth-order valence-corrected chi connectivity index (χ4v) is 5.01. The summed E-state index contributed by atoms with van der Waals surface area (Å²) >= 11 is 0. The molecule has 0 spiro atoms. The molecule has 1 aliphatic rings. The van der Waals surface area contributed by atoms with Crippen LogP contribution in [0.1, 0.15) is 50.0 Å². The number of aliphatic hydroxyl groups is 3. The molecule has 0 saturated carbocycles. The summed E-state index contributed by atoms with van der Waals surface area (Å²) in [5.74, 6) is -3.53. The maximum absolute atomic E-state index is 12.8. The summed E-state index contributed by atoms with van der Waals surface area (Å²) in [6, 6.07) is 1.08. The Morgan fingerprint density at radius 1 is 1.20 bits per heavy atom. The van der Waals surface area contributed by atoms with Crippen LogP contribution in [0.2, 0.25) is 0 Å². The first kappa shape index (κ1) is 32.5. The van der Waals surface area contributed by atoms with Crippen molar-refractivity contribution in [2.75, 3.05) is 18.5 Å². The van der Waals surface area contributed by atoms with Gasteiger partial charge in [-0.3, -0.25) is 9.59 Å². The molecule has 0 radical (unpaired) electrons. The van der Waals surface area contributed by atoms with Crippen molar-refractivity contribution in [3.63, 3.8) is 0 Å². The summed E-state index contributed by atoms with van der Waals surface area (Å²) in [6.07, 6.45) is 3.94. The molecule has 0 aliphatic carbocycles. The van der Waals surface area contributed by atoms with E-state index in [-0.39, 0.29) is 53.5 Å². The zero-order valence-corrected chi connectivity index (χ0v) is 23.2. The van der Waals surface area contributed by atoms with Crippen LogP contribution in [0, 0.1) is 23.7 Å². The largest absolute Gasteiger partial charge is 0.507 e. The number of carbonyl (C=O) groups excluding carboxylic acids is 3. The molecule has 11 nitrogen and oxygen atoms in total. The highest BCUT2D eigenvalue weighted by Crippen LogP contribution is 2.38. The molecule has 2 amide bonds. The number of hydrogen-bond donors (Lipinski definition) is 7. The quantitative estimate of drug-likeness (QED) is 0.125. The molecular weight excluding hydrogens is 520 g/mol. The number of phenolic OH excluding ortho intramolecular Hbond substituents is 2. The lowest BCUT2D eigenvalue weighted by atomic mass is 9.82. The Labute approximate surface area is 233 Å². The Kier molecular flexibility index (Phi) is 11.9. The van der Waals surface area contributed by atoms with Crippen molar-refractivity contribution in [2.24, 2.45) is 29.4 Å². The molecule has 220 valence electrons. The highest BCUT2D eigenvalue weighted by Gasteiger charge is 2.29. The van der Waals surface area contributed by atoms with E-state index >= 15 is 0 Å². The number of aromatic hydroxyl groups is 2. The van der Waals surface area contributed by atoms with Gasteiger partial charge in [-0.05, 0) is 38.2 Å². The van der Waals surface area contributed by atoms with Crippen molar-refractivity contribution in [3.8, 4) is 11.5 Å². The molecule has 1 aliphatic heterocycles. The van der Waals surface area contributed by atoms with Gasteiger partial charge in [-0.2, -0.15) is 0 Å². The van der Waals surface area contributed by atoms with Crippen molar-refractivity contribution in [1.82, 2.24) is 0 Å². The Bertz CT molecular complexity index is 1170. The first-order chi connectivity index (χ1) is 18.8. The van der Waals surface area contributed by atoms with Gasteiger partial charge >= 0.3 is 6.09 Å². The second kappa shape index (κ2) is 14.6. The van der Waals surface area contributed by atoms with Crippen molar-refractivity contribution in [2.45, 2.75) is 52.7 Å². The summed E-state index contributed by atoms with van der Waals surface area (Å²) in [6.45, 7) is 5.94. The first-order valence-corrected chi connectivity index (χ1v) is 13.1. The highest BCUT2D eigenvalue weighted by atomic mass is 16.6. The molecule has 1 aromatic carbocycles. The lowest BCUT2D eigenvalue weighted by Gasteiger charge is -2.29. The Balaban J connectivity index is 2.66. The number of anilines is 1. The van der Waals surface area contributed by atoms with Gasteiger partial charge in [-0.15, -0.1) is 0 Å². The molecule has 0 unspecified atom stereocenters. The van der Waals surface area contributed by atoms with Gasteiger partial charge < -0.3 is 41.3 Å². The van der Waals surface area contributed by atoms with E-state index in [1.807, 2.05) is 0 Å². The standard InChI is InChI=1S/C29H40N2O9/c1-15-8-20(13-33)25(36)17(3)10-18(4)27(40-29(30)39)19(12-32)7-5-6-16(2)28(38)31-23-11-24(35)22(14-34)21(9-15)26(23)37/h5-7,10-11,14-15,17,19-20,25,27,32-33,35-37H,8-9,12-13H2,1-4H3,(H2,30,39)(H,31,38)/b7-5-,16-6+,18-10?/t15-,17-,19+,20+,25+,27-/m0/s1. The van der Waals surface area contributed by atoms with Crippen molar-refractivity contribution < 1.29 is 44.7 Å². The van der Waals surface area contributed by atoms with Crippen molar-refractivity contribution >= 4 is 24.0 Å². The number of hydrogen-bond acceptors (Lipinski definition) is 9. The fourth-order valence-electron chi connectivity index (χ4n) is 5.01. The fraction of sp³-hybridized carbons (Fsp3) is 0.483. The van der Waals surface area contributed by atoms with Crippen molar-refractivity contribution in [1.29, 1.82) is 0 Å². The zero-order chi connectivity index (χ0) is 30.1. The van der Waals surface area contributed by atoms with Crippen LogP contribution in [-0.2, 0) is 16.0 Å². The Morgan fingerprint density at radius 3 is 2.45 bits per heavy atom. The number of nitrogens with two attached hydrogens (primary N) is 1. The minimum Gasteiger partial charge on any atom is -0.507 e. The topological polar surface area (TPSA) is 200 Å². The van der Waals surface area contributed by atoms with Crippen LogP contribution in [0.4, 0.5) is 10.5 Å². The number of phenols is 2. The van der Waals surface area contributed by atoms with Gasteiger partial charge in [0.1, 0.15) is 17.6 Å². The molecule has 6 atom stereocenters. The van der Waals surface area contributed by atoms with Crippen molar-refractivity contribution in [3.05, 3.63) is 52.6 Å². The minimum absolute atomic E-state index is 0.0970. The molecule has 2 bridgehead atoms. The maximum Gasteiger partial charge on any atom is 0.405 e. The number of nitrogens with one attached hydrogen (secondary N) is 1. The van der Waals surface area contributed by atoms with E-state index in [9.17, 15) is 39.9 Å². The third-order valence-corrected chi connectivity index (χ3v) is 7.18. The smallest absolute Gasteiger partial charge is 0.405 e. The third-order valence-electron chi connectivity index (χ3n) is 7.18. The number of primary amides is 1. The van der Waals surface area contributed by atoms with Crippen LogP contribution in [0.15, 0.2) is 41.5 Å². The second-order valence-electron chi connectivity index (χ2n) is 10.4. The Hall–Kier alpha value is -3.67. The summed E-state index contributed by atoms with van der Waals surface area (Å²) in [5, 5.41) is 55.1. The van der Waals surface area contributed by atoms with Gasteiger partial charge in [0.05, 0.1) is 24.0 Å². The second-order valence-corrected chi connectivity index (χ2v) is 10.4. The number of ether oxygens (including phenoxy) is 1. The van der Waals surface area contributed by atoms with Gasteiger partial charge in [0, 0.05) is 41.6 Å². The number of benzene rings is 1. The number of aldehydes is 1. The predicted molar refractivity (Wildman–Crippen MR) is 149 cm³/mol. The number of allylic oxidation sites excluding steroid dienone is 2. The lowest BCUT2D eigenvalue weighted by Crippen LogP contribution is -2.34. The van der Waals surface area contributed by atoms with E-state index in [1.165, 1.54) is 25.2 Å². The maximum atomic E-state index is 12.8. The highest BCUT2D eigenvalue weighted by molar-refractivity contribution is 6.05. The van der Waals surface area contributed by atoms with Crippen LogP contribution in [0.3, 0.4) is 0 Å². The SMILES string of the molecule is CC1=C[C@H](C)[C@@H](O)[C@@H](CO)C[C@H](C)Cc2c(O)c(cc(O)c2C=O)NC(=O)/C(C)=C/C=C\[C@H](CO)[C@H]1OC(N)=O.